The number of hydrogen-bond donors (Lipinski definition) is 2. The van der Waals surface area contributed by atoms with Gasteiger partial charge in [0.05, 0.1) is 46.2 Å². The van der Waals surface area contributed by atoms with Gasteiger partial charge in [-0.1, -0.05) is 63.2 Å². The maximum atomic E-state index is 14.7. The summed E-state index contributed by atoms with van der Waals surface area (Å²) in [5, 5.41) is 4.22. The lowest BCUT2D eigenvalue weighted by Crippen LogP contribution is -2.50. The lowest BCUT2D eigenvalue weighted by Gasteiger charge is -2.37. The van der Waals surface area contributed by atoms with Crippen LogP contribution in [0.3, 0.4) is 0 Å². The molecule has 1 unspecified atom stereocenters. The standard InChI is InChI=1S/C41H50FN5O7S/c1-5-25-21-41(25,38(51)44-55(53,54)28-16-17-28)22-35(48)34-19-27(43-39(52)47-32-14-8-6-12-29(32)30-13-7-9-15-33(30)47)24-46(34)37(50)31(40(2,3)4)20-36(49)45-18-10-11-26(42)23-45/h5-9,12-15,25-28,31,34H,1,10-11,16-24H2,2-4H3,(H,43,52)(H,44,51)/t25-,26?,27-,31-,34+,41-/m1/s1. The number of aromatic nitrogens is 1. The average molecular weight is 776 g/mol. The number of nitrogens with zero attached hydrogens (tertiary/aromatic N) is 3. The van der Waals surface area contributed by atoms with Gasteiger partial charge in [-0.15, -0.1) is 6.58 Å². The van der Waals surface area contributed by atoms with E-state index in [0.717, 1.165) is 10.8 Å². The minimum Gasteiger partial charge on any atom is -0.340 e. The van der Waals surface area contributed by atoms with E-state index in [9.17, 15) is 36.8 Å². The van der Waals surface area contributed by atoms with Crippen LogP contribution in [0, 0.1) is 22.7 Å². The first-order chi connectivity index (χ1) is 26.0. The smallest absolute Gasteiger partial charge is 0.326 e. The van der Waals surface area contributed by atoms with Crippen molar-refractivity contribution in [3.05, 3.63) is 61.2 Å². The van der Waals surface area contributed by atoms with E-state index in [4.69, 9.17) is 0 Å². The first kappa shape index (κ1) is 38.7. The quantitative estimate of drug-likeness (QED) is 0.257. The fourth-order valence-electron chi connectivity index (χ4n) is 8.60. The molecule has 0 bridgehead atoms. The summed E-state index contributed by atoms with van der Waals surface area (Å²) in [5.74, 6) is -3.31. The van der Waals surface area contributed by atoms with Gasteiger partial charge >= 0.3 is 6.03 Å². The molecule has 0 spiro atoms. The topological polar surface area (TPSA) is 155 Å². The fraction of sp³-hybridized carbons (Fsp3) is 0.537. The molecule has 2 saturated heterocycles. The molecule has 12 nitrogen and oxygen atoms in total. The zero-order valence-corrected chi connectivity index (χ0v) is 32.4. The number of likely N-dealkylation sites (tertiary alicyclic amines) is 2. The summed E-state index contributed by atoms with van der Waals surface area (Å²) in [4.78, 5) is 73.4. The highest BCUT2D eigenvalue weighted by Gasteiger charge is 2.61. The molecule has 2 aromatic carbocycles. The number of piperidine rings is 1. The molecule has 3 aromatic rings. The molecule has 6 atom stereocenters. The highest BCUT2D eigenvalue weighted by Crippen LogP contribution is 2.57. The van der Waals surface area contributed by atoms with Gasteiger partial charge in [0.25, 0.3) is 0 Å². The number of fused-ring (bicyclic) bond motifs is 3. The number of carbonyl (C=O) groups excluding carboxylic acids is 5. The number of Topliss-reactive ketones (excluding diaryl/α,β-unsaturated/α-hetero) is 1. The van der Waals surface area contributed by atoms with E-state index in [2.05, 4.69) is 16.6 Å². The van der Waals surface area contributed by atoms with Crippen molar-refractivity contribution in [2.24, 2.45) is 22.7 Å². The van der Waals surface area contributed by atoms with Crippen LogP contribution in [0.1, 0.15) is 72.1 Å². The van der Waals surface area contributed by atoms with Gasteiger partial charge in [0.1, 0.15) is 6.17 Å². The molecule has 2 aliphatic carbocycles. The fourth-order valence-corrected chi connectivity index (χ4v) is 9.98. The van der Waals surface area contributed by atoms with Crippen LogP contribution in [0.15, 0.2) is 61.2 Å². The zero-order chi connectivity index (χ0) is 39.4. The van der Waals surface area contributed by atoms with Crippen molar-refractivity contribution in [2.45, 2.75) is 95.6 Å². The number of benzene rings is 2. The number of allylic oxidation sites excluding steroid dienone is 1. The monoisotopic (exact) mass is 775 g/mol. The second kappa shape index (κ2) is 14.5. The minimum absolute atomic E-state index is 0.0311. The predicted molar refractivity (Wildman–Crippen MR) is 206 cm³/mol. The number of ketones is 1. The van der Waals surface area contributed by atoms with Crippen molar-refractivity contribution in [2.75, 3.05) is 19.6 Å². The van der Waals surface area contributed by atoms with Crippen LogP contribution in [0.2, 0.25) is 0 Å². The first-order valence-electron chi connectivity index (χ1n) is 19.3. The van der Waals surface area contributed by atoms with Crippen LogP contribution in [0.25, 0.3) is 21.8 Å². The van der Waals surface area contributed by atoms with Crippen molar-refractivity contribution >= 4 is 61.4 Å². The van der Waals surface area contributed by atoms with E-state index >= 15 is 0 Å². The summed E-state index contributed by atoms with van der Waals surface area (Å²) in [6, 6.07) is 12.9. The van der Waals surface area contributed by atoms with Crippen molar-refractivity contribution in [1.29, 1.82) is 0 Å². The van der Waals surface area contributed by atoms with Crippen molar-refractivity contribution in [3.8, 4) is 0 Å². The molecule has 7 rings (SSSR count). The lowest BCUT2D eigenvalue weighted by molar-refractivity contribution is -0.148. The third kappa shape index (κ3) is 7.53. The lowest BCUT2D eigenvalue weighted by atomic mass is 9.77. The Morgan fingerprint density at radius 3 is 2.18 bits per heavy atom. The number of sulfonamides is 1. The Kier molecular flexibility index (Phi) is 10.2. The summed E-state index contributed by atoms with van der Waals surface area (Å²) in [6.07, 6.45) is 2.01. The van der Waals surface area contributed by atoms with Crippen molar-refractivity contribution < 1.29 is 36.8 Å². The number of rotatable bonds is 11. The number of amides is 4. The molecule has 2 aliphatic heterocycles. The van der Waals surface area contributed by atoms with Gasteiger partial charge in [-0.2, -0.15) is 0 Å². The molecule has 2 saturated carbocycles. The highest BCUT2D eigenvalue weighted by molar-refractivity contribution is 7.90. The molecule has 294 valence electrons. The Bertz CT molecular complexity index is 2120. The van der Waals surface area contributed by atoms with Gasteiger partial charge in [-0.25, -0.2) is 17.6 Å². The molecule has 4 aliphatic rings. The predicted octanol–water partition coefficient (Wildman–Crippen LogP) is 5.09. The Hall–Kier alpha value is -4.59. The Labute approximate surface area is 320 Å². The molecular formula is C41H50FN5O7S. The zero-order valence-electron chi connectivity index (χ0n) is 31.6. The van der Waals surface area contributed by atoms with E-state index in [0.29, 0.717) is 43.3 Å². The van der Waals surface area contributed by atoms with Crippen LogP contribution in [-0.2, 0) is 29.2 Å². The molecular weight excluding hydrogens is 726 g/mol. The SMILES string of the molecule is C=C[C@@H]1C[C@]1(CC(=O)[C@@H]1C[C@@H](NC(=O)n2c3ccccc3c3ccccc32)CN1C(=O)[C@@H](CC(=O)N1CCCC(F)C1)C(C)(C)C)C(=O)NS(=O)(=O)C1CC1. The van der Waals surface area contributed by atoms with Crippen LogP contribution in [0.4, 0.5) is 9.18 Å². The number of alkyl halides is 1. The van der Waals surface area contributed by atoms with Gasteiger partial charge in [0.2, 0.25) is 27.7 Å². The van der Waals surface area contributed by atoms with E-state index in [1.54, 1.807) is 10.6 Å². The summed E-state index contributed by atoms with van der Waals surface area (Å²) < 4.78 is 43.6. The van der Waals surface area contributed by atoms with Gasteiger partial charge in [-0.05, 0) is 62.0 Å². The molecule has 55 heavy (non-hydrogen) atoms. The second-order valence-corrected chi connectivity index (χ2v) is 18.9. The Morgan fingerprint density at radius 2 is 1.62 bits per heavy atom. The van der Waals surface area contributed by atoms with Gasteiger partial charge < -0.3 is 15.1 Å². The first-order valence-corrected chi connectivity index (χ1v) is 20.8. The molecule has 4 fully saturated rings. The van der Waals surface area contributed by atoms with Crippen molar-refractivity contribution in [1.82, 2.24) is 24.4 Å². The van der Waals surface area contributed by atoms with Gasteiger partial charge in [-0.3, -0.25) is 28.5 Å². The summed E-state index contributed by atoms with van der Waals surface area (Å²) >= 11 is 0. The largest absolute Gasteiger partial charge is 0.340 e. The van der Waals surface area contributed by atoms with Crippen molar-refractivity contribution in [3.63, 3.8) is 0 Å². The number of hydrogen-bond acceptors (Lipinski definition) is 7. The molecule has 3 heterocycles. The highest BCUT2D eigenvalue weighted by atomic mass is 32.2. The third-order valence-corrected chi connectivity index (χ3v) is 13.9. The summed E-state index contributed by atoms with van der Waals surface area (Å²) in [6.45, 7) is 9.66. The van der Waals surface area contributed by atoms with Crippen LogP contribution < -0.4 is 10.0 Å². The van der Waals surface area contributed by atoms with Gasteiger partial charge in [0, 0.05) is 36.7 Å². The van der Waals surface area contributed by atoms with E-state index in [-0.39, 0.29) is 44.7 Å². The maximum absolute atomic E-state index is 14.7. The maximum Gasteiger partial charge on any atom is 0.326 e. The molecule has 0 radical (unpaired) electrons. The molecule has 4 amide bonds. The number of halogens is 1. The minimum atomic E-state index is -3.89. The summed E-state index contributed by atoms with van der Waals surface area (Å²) in [7, 11) is -3.89. The third-order valence-electron chi connectivity index (χ3n) is 12.1. The molecule has 2 N–H and O–H groups in total. The van der Waals surface area contributed by atoms with Crippen LogP contribution >= 0.6 is 0 Å². The normalized spacial score (nSPS) is 26.1. The molecule has 1 aromatic heterocycles. The van der Waals surface area contributed by atoms with E-state index in [1.165, 1.54) is 9.80 Å². The van der Waals surface area contributed by atoms with Gasteiger partial charge in [0.15, 0.2) is 5.78 Å². The number of nitrogens with one attached hydrogen (secondary N) is 2. The Morgan fingerprint density at radius 1 is 0.982 bits per heavy atom. The average Bonchev–Trinajstić information content (AvgIpc) is 4.05. The molecule has 14 heteroatoms. The van der Waals surface area contributed by atoms with E-state index < -0.39 is 79.8 Å². The summed E-state index contributed by atoms with van der Waals surface area (Å²) in [5.41, 5.74) is -0.690. The number of carbonyl (C=O) groups is 5. The van der Waals surface area contributed by atoms with Crippen LogP contribution in [-0.4, -0.2) is 95.5 Å². The second-order valence-electron chi connectivity index (χ2n) is 17.0. The Balaban J connectivity index is 1.18. The number of para-hydroxylation sites is 2. The van der Waals surface area contributed by atoms with E-state index in [1.807, 2.05) is 69.3 Å². The van der Waals surface area contributed by atoms with Crippen LogP contribution in [0.5, 0.6) is 0 Å².